The number of carboxylic acid groups (broad SMARTS) is 1. The number of thiazole rings is 1. The summed E-state index contributed by atoms with van der Waals surface area (Å²) < 4.78 is 0. The highest BCUT2D eigenvalue weighted by Crippen LogP contribution is 2.27. The van der Waals surface area contributed by atoms with Crippen LogP contribution in [0.1, 0.15) is 49.0 Å². The third-order valence-electron chi connectivity index (χ3n) is 2.65. The van der Waals surface area contributed by atoms with Crippen LogP contribution in [0.2, 0.25) is 0 Å². The molecular weight excluding hydrogens is 236 g/mol. The minimum atomic E-state index is -0.864. The molecule has 1 aromatic heterocycles. The zero-order chi connectivity index (χ0) is 12.8. The van der Waals surface area contributed by atoms with Gasteiger partial charge in [-0.3, -0.25) is 0 Å². The predicted octanol–water partition coefficient (Wildman–Crippen LogP) is 3.03. The number of aromatic nitrogens is 1. The molecule has 0 saturated carbocycles. The fraction of sp³-hybridized carbons (Fsp3) is 0.667. The highest BCUT2D eigenvalue weighted by Gasteiger charge is 2.18. The zero-order valence-electron chi connectivity index (χ0n) is 10.7. The second kappa shape index (κ2) is 6.59. The van der Waals surface area contributed by atoms with Crippen LogP contribution in [-0.4, -0.2) is 29.1 Å². The minimum absolute atomic E-state index is 0.387. The van der Waals surface area contributed by atoms with Crippen molar-refractivity contribution < 1.29 is 9.90 Å². The highest BCUT2D eigenvalue weighted by atomic mass is 32.1. The Bertz CT molecular complexity index is 377. The Labute approximate surface area is 106 Å². The minimum Gasteiger partial charge on any atom is -0.477 e. The molecule has 0 bridgehead atoms. The number of aryl methyl sites for hydroxylation is 1. The summed E-state index contributed by atoms with van der Waals surface area (Å²) in [5.74, 6) is -0.864. The fourth-order valence-electron chi connectivity index (χ4n) is 1.62. The van der Waals surface area contributed by atoms with Crippen molar-refractivity contribution in [2.45, 2.75) is 40.0 Å². The predicted molar refractivity (Wildman–Crippen MR) is 71.2 cm³/mol. The maximum atomic E-state index is 11.1. The molecule has 4 nitrogen and oxygen atoms in total. The van der Waals surface area contributed by atoms with Crippen molar-refractivity contribution in [3.8, 4) is 0 Å². The molecule has 1 N–H and O–H groups in total. The van der Waals surface area contributed by atoms with Gasteiger partial charge < -0.3 is 10.0 Å². The van der Waals surface area contributed by atoms with E-state index in [1.807, 2.05) is 6.92 Å². The number of rotatable bonds is 7. The Hall–Kier alpha value is -1.10. The van der Waals surface area contributed by atoms with Crippen LogP contribution in [0.25, 0.3) is 0 Å². The van der Waals surface area contributed by atoms with Gasteiger partial charge in [-0.1, -0.05) is 31.6 Å². The van der Waals surface area contributed by atoms with E-state index in [-0.39, 0.29) is 0 Å². The fourth-order valence-corrected chi connectivity index (χ4v) is 2.70. The number of nitrogens with zero attached hydrogens (tertiary/aromatic N) is 2. The topological polar surface area (TPSA) is 53.4 Å². The third-order valence-corrected chi connectivity index (χ3v) is 3.80. The van der Waals surface area contributed by atoms with E-state index >= 15 is 0 Å². The van der Waals surface area contributed by atoms with E-state index in [2.05, 4.69) is 23.7 Å². The van der Waals surface area contributed by atoms with Crippen LogP contribution in [-0.2, 0) is 6.42 Å². The summed E-state index contributed by atoms with van der Waals surface area (Å²) >= 11 is 1.29. The third kappa shape index (κ3) is 3.43. The van der Waals surface area contributed by atoms with E-state index in [0.29, 0.717) is 17.0 Å². The lowest BCUT2D eigenvalue weighted by atomic mass is 10.3. The molecule has 0 spiro atoms. The molecule has 0 aliphatic rings. The van der Waals surface area contributed by atoms with Crippen molar-refractivity contribution in [1.29, 1.82) is 0 Å². The first-order valence-electron chi connectivity index (χ1n) is 6.11. The number of unbranched alkanes of at least 4 members (excludes halogenated alkanes) is 1. The lowest BCUT2D eigenvalue weighted by Crippen LogP contribution is -2.23. The number of carbonyl (C=O) groups is 1. The average Bonchev–Trinajstić information content (AvgIpc) is 2.74. The Morgan fingerprint density at radius 3 is 2.53 bits per heavy atom. The monoisotopic (exact) mass is 256 g/mol. The van der Waals surface area contributed by atoms with Crippen LogP contribution >= 0.6 is 11.3 Å². The lowest BCUT2D eigenvalue weighted by Gasteiger charge is -2.18. The summed E-state index contributed by atoms with van der Waals surface area (Å²) in [4.78, 5) is 18.0. The summed E-state index contributed by atoms with van der Waals surface area (Å²) in [6.45, 7) is 7.98. The van der Waals surface area contributed by atoms with E-state index < -0.39 is 5.97 Å². The van der Waals surface area contributed by atoms with Gasteiger partial charge in [-0.15, -0.1) is 0 Å². The molecule has 17 heavy (non-hydrogen) atoms. The van der Waals surface area contributed by atoms with E-state index in [4.69, 9.17) is 5.11 Å². The first-order valence-corrected chi connectivity index (χ1v) is 6.93. The van der Waals surface area contributed by atoms with E-state index in [1.54, 1.807) is 0 Å². The second-order valence-electron chi connectivity index (χ2n) is 3.86. The molecule has 1 heterocycles. The zero-order valence-corrected chi connectivity index (χ0v) is 11.5. The molecule has 0 atom stereocenters. The van der Waals surface area contributed by atoms with Gasteiger partial charge in [0.1, 0.15) is 4.88 Å². The normalized spacial score (nSPS) is 10.5. The molecule has 1 rings (SSSR count). The lowest BCUT2D eigenvalue weighted by molar-refractivity contribution is 0.0701. The molecule has 0 aliphatic carbocycles. The van der Waals surface area contributed by atoms with E-state index in [0.717, 1.165) is 31.1 Å². The molecule has 1 aromatic rings. The molecule has 0 fully saturated rings. The summed E-state index contributed by atoms with van der Waals surface area (Å²) in [5, 5.41) is 9.94. The smallest absolute Gasteiger partial charge is 0.347 e. The number of carboxylic acids is 1. The van der Waals surface area contributed by atoms with Crippen LogP contribution in [0, 0.1) is 0 Å². The van der Waals surface area contributed by atoms with Gasteiger partial charge in [0.2, 0.25) is 0 Å². The van der Waals surface area contributed by atoms with Crippen molar-refractivity contribution in [2.24, 2.45) is 0 Å². The molecule has 96 valence electrons. The van der Waals surface area contributed by atoms with Crippen molar-refractivity contribution in [3.63, 3.8) is 0 Å². The maximum Gasteiger partial charge on any atom is 0.347 e. The van der Waals surface area contributed by atoms with Gasteiger partial charge in [0.15, 0.2) is 5.13 Å². The summed E-state index contributed by atoms with van der Waals surface area (Å²) in [5.41, 5.74) is 0.701. The number of hydrogen-bond donors (Lipinski definition) is 1. The molecular formula is C12H20N2O2S. The van der Waals surface area contributed by atoms with Crippen molar-refractivity contribution in [1.82, 2.24) is 4.98 Å². The van der Waals surface area contributed by atoms with Crippen LogP contribution in [0.15, 0.2) is 0 Å². The first kappa shape index (κ1) is 14.0. The second-order valence-corrected chi connectivity index (χ2v) is 4.84. The summed E-state index contributed by atoms with van der Waals surface area (Å²) in [6, 6.07) is 0. The Morgan fingerprint density at radius 2 is 2.12 bits per heavy atom. The number of hydrogen-bond acceptors (Lipinski definition) is 4. The largest absolute Gasteiger partial charge is 0.477 e. The molecule has 0 amide bonds. The average molecular weight is 256 g/mol. The molecule has 0 radical (unpaired) electrons. The Balaban J connectivity index is 2.92. The Morgan fingerprint density at radius 1 is 1.41 bits per heavy atom. The summed E-state index contributed by atoms with van der Waals surface area (Å²) in [6.07, 6.45) is 2.91. The van der Waals surface area contributed by atoms with Crippen LogP contribution < -0.4 is 4.90 Å². The molecule has 0 aliphatic heterocycles. The van der Waals surface area contributed by atoms with E-state index in [1.165, 1.54) is 11.3 Å². The van der Waals surface area contributed by atoms with Gasteiger partial charge in [0.25, 0.3) is 0 Å². The first-order chi connectivity index (χ1) is 8.13. The van der Waals surface area contributed by atoms with Crippen molar-refractivity contribution in [3.05, 3.63) is 10.6 Å². The van der Waals surface area contributed by atoms with Gasteiger partial charge in [0.05, 0.1) is 5.69 Å². The van der Waals surface area contributed by atoms with Gasteiger partial charge in [-0.25, -0.2) is 9.78 Å². The van der Waals surface area contributed by atoms with E-state index in [9.17, 15) is 4.79 Å². The molecule has 0 saturated heterocycles. The van der Waals surface area contributed by atoms with Gasteiger partial charge in [-0.2, -0.15) is 0 Å². The molecule has 0 aromatic carbocycles. The maximum absolute atomic E-state index is 11.1. The van der Waals surface area contributed by atoms with Crippen LogP contribution in [0.4, 0.5) is 5.13 Å². The van der Waals surface area contributed by atoms with Crippen molar-refractivity contribution >= 4 is 22.4 Å². The number of anilines is 1. The van der Waals surface area contributed by atoms with Crippen molar-refractivity contribution in [2.75, 3.05) is 18.0 Å². The highest BCUT2D eigenvalue weighted by molar-refractivity contribution is 7.17. The standard InChI is InChI=1S/C12H20N2O2S/c1-4-7-8-14(6-3)12-13-9(5-2)10(17-12)11(15)16/h4-8H2,1-3H3,(H,15,16). The quantitative estimate of drug-likeness (QED) is 0.814. The molecule has 0 unspecified atom stereocenters. The van der Waals surface area contributed by atoms with Gasteiger partial charge >= 0.3 is 5.97 Å². The van der Waals surface area contributed by atoms with Crippen LogP contribution in [0.5, 0.6) is 0 Å². The number of aromatic carboxylic acids is 1. The molecule has 5 heteroatoms. The SMILES string of the molecule is CCCCN(CC)c1nc(CC)c(C(=O)O)s1. The summed E-state index contributed by atoms with van der Waals surface area (Å²) in [7, 11) is 0. The van der Waals surface area contributed by atoms with Crippen LogP contribution in [0.3, 0.4) is 0 Å². The van der Waals surface area contributed by atoms with Gasteiger partial charge in [0, 0.05) is 13.1 Å². The Kier molecular flexibility index (Phi) is 5.41. The van der Waals surface area contributed by atoms with Gasteiger partial charge in [-0.05, 0) is 19.8 Å².